The molecule has 0 amide bonds. The van der Waals surface area contributed by atoms with Crippen LogP contribution in [0.25, 0.3) is 23.3 Å². The average molecular weight is 783 g/mol. The van der Waals surface area contributed by atoms with Crippen molar-refractivity contribution in [3.63, 3.8) is 0 Å². The predicted octanol–water partition coefficient (Wildman–Crippen LogP) is 11.6. The monoisotopic (exact) mass is 780 g/mol. The molecule has 2 aliphatic rings. The smallest absolute Gasteiger partial charge is 0.147 e. The summed E-state index contributed by atoms with van der Waals surface area (Å²) < 4.78 is 11.6. The summed E-state index contributed by atoms with van der Waals surface area (Å²) >= 11 is -4.99. The van der Waals surface area contributed by atoms with E-state index in [0.29, 0.717) is 0 Å². The Morgan fingerprint density at radius 1 is 0.600 bits per heavy atom. The second kappa shape index (κ2) is 13.6. The van der Waals surface area contributed by atoms with Crippen LogP contribution in [0, 0.1) is 5.41 Å². The molecule has 4 aromatic rings. The van der Waals surface area contributed by atoms with Crippen LogP contribution in [0.5, 0.6) is 0 Å². The van der Waals surface area contributed by atoms with Gasteiger partial charge in [0.1, 0.15) is 0 Å². The van der Waals surface area contributed by atoms with E-state index >= 15 is 0 Å². The van der Waals surface area contributed by atoms with Gasteiger partial charge in [-0.15, -0.1) is 24.8 Å². The molecule has 6 rings (SSSR count). The van der Waals surface area contributed by atoms with E-state index in [9.17, 15) is 0 Å². The molecule has 0 bridgehead atoms. The van der Waals surface area contributed by atoms with E-state index in [0.717, 1.165) is 24.0 Å². The van der Waals surface area contributed by atoms with Gasteiger partial charge in [-0.25, -0.2) is 0 Å². The Bertz CT molecular complexity index is 2020. The molecule has 0 atom stereocenters. The number of hydrogen-bond donors (Lipinski definition) is 0. The largest absolute Gasteiger partial charge is 0.147 e. The van der Waals surface area contributed by atoms with Gasteiger partial charge in [-0.05, 0) is 0 Å². The van der Waals surface area contributed by atoms with Gasteiger partial charge in [0.15, 0.2) is 0 Å². The van der Waals surface area contributed by atoms with Gasteiger partial charge < -0.3 is 0 Å². The Kier molecular flexibility index (Phi) is 10.9. The summed E-state index contributed by atoms with van der Waals surface area (Å²) in [5.41, 5.74) is 12.0. The van der Waals surface area contributed by atoms with Crippen LogP contribution in [0.3, 0.4) is 0 Å². The van der Waals surface area contributed by atoms with Gasteiger partial charge in [0.05, 0.1) is 0 Å². The molecule has 0 aliphatic heterocycles. The number of benzene rings is 4. The minimum absolute atomic E-state index is 0. The van der Waals surface area contributed by atoms with Crippen molar-refractivity contribution in [1.29, 1.82) is 0 Å². The van der Waals surface area contributed by atoms with Gasteiger partial charge in [-0.3, -0.25) is 0 Å². The van der Waals surface area contributed by atoms with Gasteiger partial charge in [0.25, 0.3) is 0 Å². The van der Waals surface area contributed by atoms with E-state index in [1.165, 1.54) is 52.0 Å². The summed E-state index contributed by atoms with van der Waals surface area (Å²) in [6, 6.07) is 31.0. The van der Waals surface area contributed by atoms with Gasteiger partial charge in [-0.1, -0.05) is 0 Å². The van der Waals surface area contributed by atoms with E-state index < -0.39 is 18.3 Å². The van der Waals surface area contributed by atoms with Crippen LogP contribution in [0.15, 0.2) is 113 Å². The van der Waals surface area contributed by atoms with Crippen molar-refractivity contribution >= 4 is 51.0 Å². The number of rotatable bonds is 6. The Hall–Kier alpha value is -2.83. The summed E-state index contributed by atoms with van der Waals surface area (Å²) in [6.07, 6.45) is 10.9. The predicted molar refractivity (Wildman–Crippen MR) is 226 cm³/mol. The van der Waals surface area contributed by atoms with Crippen molar-refractivity contribution in [3.8, 4) is 11.1 Å². The molecule has 4 aromatic carbocycles. The molecule has 0 aromatic heterocycles. The topological polar surface area (TPSA) is 0 Å². The van der Waals surface area contributed by atoms with Crippen molar-refractivity contribution in [1.82, 2.24) is 0 Å². The van der Waals surface area contributed by atoms with Crippen LogP contribution in [-0.4, -0.2) is 4.21 Å². The fraction of sp³-hybridized carbons (Fsp3) is 0.298. The van der Waals surface area contributed by atoms with Gasteiger partial charge in [0.2, 0.25) is 0 Å². The molecule has 0 fully saturated rings. The Morgan fingerprint density at radius 2 is 1.10 bits per heavy atom. The molecule has 0 heterocycles. The minimum Gasteiger partial charge on any atom is -0.147 e. The van der Waals surface area contributed by atoms with E-state index in [4.69, 9.17) is 4.21 Å². The summed E-state index contributed by atoms with van der Waals surface area (Å²) in [7, 11) is 0. The third-order valence-corrected chi connectivity index (χ3v) is 27.6. The summed E-state index contributed by atoms with van der Waals surface area (Å²) in [6.45, 7) is 29.2. The fourth-order valence-corrected chi connectivity index (χ4v) is 23.5. The zero-order valence-electron chi connectivity index (χ0n) is 31.7. The summed E-state index contributed by atoms with van der Waals surface area (Å²) in [5.74, 6) is 0. The molecule has 3 heteroatoms. The maximum atomic E-state index is 5.80. The second-order valence-corrected chi connectivity index (χ2v) is 30.4. The molecular formula is C47H56Cl2Zr. The Balaban J connectivity index is 0.00000281. The minimum atomic E-state index is -4.99. The maximum absolute atomic E-state index is 5.80. The first kappa shape index (κ1) is 40.0. The Morgan fingerprint density at radius 3 is 1.54 bits per heavy atom. The van der Waals surface area contributed by atoms with Crippen molar-refractivity contribution in [2.24, 2.45) is 5.41 Å². The number of fused-ring (bicyclic) bond motifs is 3. The van der Waals surface area contributed by atoms with E-state index in [1.54, 1.807) is 0 Å². The van der Waals surface area contributed by atoms with Crippen LogP contribution < -0.4 is 9.81 Å². The molecule has 0 nitrogen and oxygen atoms in total. The second-order valence-electron chi connectivity index (χ2n) is 17.5. The molecule has 0 saturated heterocycles. The molecule has 0 unspecified atom stereocenters. The number of halogens is 2. The first-order valence-electron chi connectivity index (χ1n) is 17.6. The quantitative estimate of drug-likeness (QED) is 0.161. The van der Waals surface area contributed by atoms with E-state index in [2.05, 4.69) is 166 Å². The molecule has 0 N–H and O–H groups in total. The van der Waals surface area contributed by atoms with Gasteiger partial charge in [-0.2, -0.15) is 0 Å². The molecule has 0 spiro atoms. The summed E-state index contributed by atoms with van der Waals surface area (Å²) in [4.78, 5) is 0. The van der Waals surface area contributed by atoms with Crippen molar-refractivity contribution < 1.29 is 18.3 Å². The van der Waals surface area contributed by atoms with Crippen molar-refractivity contribution in [3.05, 3.63) is 146 Å². The van der Waals surface area contributed by atoms with Crippen LogP contribution in [0.4, 0.5) is 0 Å². The first-order chi connectivity index (χ1) is 22.4. The molecular weight excluding hydrogens is 727 g/mol. The average Bonchev–Trinajstić information content (AvgIpc) is 3.70. The number of allylic oxidation sites excluding steroid dienone is 4. The molecule has 0 saturated carbocycles. The molecule has 0 radical (unpaired) electrons. The third-order valence-electron chi connectivity index (χ3n) is 11.4. The van der Waals surface area contributed by atoms with E-state index in [-0.39, 0.29) is 41.1 Å². The first-order valence-corrected chi connectivity index (χ1v) is 24.3. The van der Waals surface area contributed by atoms with Crippen molar-refractivity contribution in [2.45, 2.75) is 86.0 Å². The standard InChI is InChI=1S/C17H13.2C10H13.C9H13.CH2.2ClH.Zr/c1-3-12-5-7-14-11-15-8-6-13(4-2)10-17(15)16(14)9-12;2*1-10(2,3)9-7-5-4-6-8-9;1-9(2,3)8-6-4-5-7-8;;;;/h3-7,9-10H,1-2,11H2;2*5-8H,1-3H3;6-7H,4H2,1-3H3;1H2;2*1H;. The van der Waals surface area contributed by atoms with Crippen LogP contribution in [0.2, 0.25) is 0 Å². The Labute approximate surface area is 316 Å². The fourth-order valence-electron chi connectivity index (χ4n) is 8.18. The van der Waals surface area contributed by atoms with Crippen LogP contribution in [0.1, 0.15) is 102 Å². The van der Waals surface area contributed by atoms with Crippen molar-refractivity contribution in [2.75, 3.05) is 0 Å². The van der Waals surface area contributed by atoms with E-state index in [1.807, 2.05) is 12.2 Å². The van der Waals surface area contributed by atoms with Crippen LogP contribution in [-0.2, 0) is 35.5 Å². The molecule has 262 valence electrons. The zero-order chi connectivity index (χ0) is 34.9. The normalized spacial score (nSPS) is 14.4. The maximum Gasteiger partial charge on any atom is -0.147 e. The van der Waals surface area contributed by atoms with Gasteiger partial charge >= 0.3 is 293 Å². The third kappa shape index (κ3) is 6.42. The SMILES string of the molecule is C=Cc1ccc2c(c1)-c1cc(C=C)c[c]([Zr](=[CH2])([C]3=CC(C(C)(C)C)=CC3)([c]3ccc(C(C)(C)C)cc3)[c]3ccc(C(C)(C)C)cc3)c1C2.Cl.Cl. The number of hydrogen-bond acceptors (Lipinski definition) is 0. The molecule has 2 aliphatic carbocycles. The summed E-state index contributed by atoms with van der Waals surface area (Å²) in [5, 5.41) is 0. The molecule has 50 heavy (non-hydrogen) atoms. The van der Waals surface area contributed by atoms with Gasteiger partial charge in [0, 0.05) is 0 Å². The van der Waals surface area contributed by atoms with Crippen LogP contribution >= 0.6 is 24.8 Å². The zero-order valence-corrected chi connectivity index (χ0v) is 35.8.